The molecule has 3 N–H and O–H groups in total. The molecule has 1 aromatic heterocycles. The fraction of sp³-hybridized carbons (Fsp3) is 0.500. The molecule has 15 heavy (non-hydrogen) atoms. The molecule has 0 saturated heterocycles. The van der Waals surface area contributed by atoms with Crippen molar-refractivity contribution in [3.63, 3.8) is 0 Å². The van der Waals surface area contributed by atoms with Gasteiger partial charge in [0, 0.05) is 24.1 Å². The van der Waals surface area contributed by atoms with Crippen LogP contribution in [0.15, 0.2) is 6.20 Å². The minimum absolute atomic E-state index is 0.0658. The summed E-state index contributed by atoms with van der Waals surface area (Å²) in [5, 5.41) is 8.54. The number of carboxylic acids is 1. The lowest BCUT2D eigenvalue weighted by Gasteiger charge is -2.04. The van der Waals surface area contributed by atoms with Crippen molar-refractivity contribution in [3.05, 3.63) is 17.6 Å². The van der Waals surface area contributed by atoms with Crippen LogP contribution in [0, 0.1) is 0 Å². The van der Waals surface area contributed by atoms with Crippen LogP contribution in [0.4, 0.5) is 5.82 Å². The van der Waals surface area contributed by atoms with Crippen molar-refractivity contribution in [3.8, 4) is 0 Å². The lowest BCUT2D eigenvalue weighted by Crippen LogP contribution is -2.05. The Hall–Kier alpha value is -1.65. The van der Waals surface area contributed by atoms with E-state index in [4.69, 9.17) is 10.8 Å². The summed E-state index contributed by atoms with van der Waals surface area (Å²) in [6.45, 7) is 0. The molecule has 1 aliphatic carbocycles. The van der Waals surface area contributed by atoms with Gasteiger partial charge in [-0.25, -0.2) is 9.97 Å². The van der Waals surface area contributed by atoms with Gasteiger partial charge in [0.15, 0.2) is 0 Å². The molecule has 5 nitrogen and oxygen atoms in total. The van der Waals surface area contributed by atoms with Gasteiger partial charge in [-0.2, -0.15) is 0 Å². The highest BCUT2D eigenvalue weighted by molar-refractivity contribution is 5.67. The minimum Gasteiger partial charge on any atom is -0.481 e. The number of carbonyl (C=O) groups is 1. The molecule has 1 aromatic rings. The van der Waals surface area contributed by atoms with Crippen molar-refractivity contribution >= 4 is 11.8 Å². The van der Waals surface area contributed by atoms with Crippen molar-refractivity contribution in [1.82, 2.24) is 9.97 Å². The van der Waals surface area contributed by atoms with Crippen LogP contribution < -0.4 is 5.73 Å². The molecule has 0 bridgehead atoms. The second-order valence-corrected chi connectivity index (χ2v) is 3.81. The van der Waals surface area contributed by atoms with E-state index < -0.39 is 5.97 Å². The van der Waals surface area contributed by atoms with Crippen molar-refractivity contribution < 1.29 is 9.90 Å². The lowest BCUT2D eigenvalue weighted by molar-refractivity contribution is -0.136. The molecular weight excluding hydrogens is 194 g/mol. The number of hydrogen-bond donors (Lipinski definition) is 2. The van der Waals surface area contributed by atoms with Crippen LogP contribution in [-0.2, 0) is 11.2 Å². The van der Waals surface area contributed by atoms with Gasteiger partial charge in [-0.05, 0) is 19.3 Å². The first-order valence-corrected chi connectivity index (χ1v) is 5.00. The second-order valence-electron chi connectivity index (χ2n) is 3.81. The summed E-state index contributed by atoms with van der Waals surface area (Å²) in [7, 11) is 0. The van der Waals surface area contributed by atoms with E-state index in [1.165, 1.54) is 0 Å². The van der Waals surface area contributed by atoms with Gasteiger partial charge in [0.05, 0.1) is 0 Å². The van der Waals surface area contributed by atoms with Gasteiger partial charge in [-0.3, -0.25) is 4.79 Å². The van der Waals surface area contributed by atoms with E-state index in [9.17, 15) is 4.79 Å². The Labute approximate surface area is 87.4 Å². The van der Waals surface area contributed by atoms with Crippen LogP contribution in [0.5, 0.6) is 0 Å². The van der Waals surface area contributed by atoms with Crippen LogP contribution in [-0.4, -0.2) is 21.0 Å². The van der Waals surface area contributed by atoms with E-state index in [0.717, 1.165) is 24.2 Å². The summed E-state index contributed by atoms with van der Waals surface area (Å²) < 4.78 is 0. The van der Waals surface area contributed by atoms with E-state index in [-0.39, 0.29) is 6.42 Å². The average molecular weight is 207 g/mol. The summed E-state index contributed by atoms with van der Waals surface area (Å²) in [6, 6.07) is 0. The van der Waals surface area contributed by atoms with Crippen LogP contribution in [0.2, 0.25) is 0 Å². The number of aryl methyl sites for hydroxylation is 1. The van der Waals surface area contributed by atoms with Gasteiger partial charge >= 0.3 is 5.97 Å². The molecule has 0 unspecified atom stereocenters. The van der Waals surface area contributed by atoms with Gasteiger partial charge in [0.2, 0.25) is 0 Å². The Morgan fingerprint density at radius 2 is 2.33 bits per heavy atom. The number of hydrogen-bond acceptors (Lipinski definition) is 4. The predicted octanol–water partition coefficient (Wildman–Crippen LogP) is 0.953. The maximum absolute atomic E-state index is 10.4. The third kappa shape index (κ3) is 2.43. The number of aromatic nitrogens is 2. The molecule has 1 saturated carbocycles. The average Bonchev–Trinajstić information content (AvgIpc) is 2.98. The molecular formula is C10H13N3O2. The van der Waals surface area contributed by atoms with Crippen LogP contribution in [0.3, 0.4) is 0 Å². The monoisotopic (exact) mass is 207 g/mol. The summed E-state index contributed by atoms with van der Waals surface area (Å²) in [4.78, 5) is 18.8. The molecule has 1 heterocycles. The quantitative estimate of drug-likeness (QED) is 0.767. The summed E-state index contributed by atoms with van der Waals surface area (Å²) in [5.74, 6) is 0.862. The first-order chi connectivity index (χ1) is 7.16. The van der Waals surface area contributed by atoms with Crippen LogP contribution in [0.25, 0.3) is 0 Å². The third-order valence-electron chi connectivity index (χ3n) is 2.47. The highest BCUT2D eigenvalue weighted by Crippen LogP contribution is 2.38. The Kier molecular flexibility index (Phi) is 2.53. The van der Waals surface area contributed by atoms with E-state index >= 15 is 0 Å². The smallest absolute Gasteiger partial charge is 0.303 e. The van der Waals surface area contributed by atoms with Crippen molar-refractivity contribution in [2.45, 2.75) is 31.6 Å². The molecule has 1 aliphatic rings. The number of anilines is 1. The molecule has 80 valence electrons. The number of nitrogens with zero attached hydrogens (tertiary/aromatic N) is 2. The number of carboxylic acid groups (broad SMARTS) is 1. The zero-order valence-corrected chi connectivity index (χ0v) is 8.31. The standard InChI is InChI=1S/C10H13N3O2/c11-9-7(3-4-8(14)15)5-12-10(13-9)6-1-2-6/h5-6H,1-4H2,(H,14,15)(H2,11,12,13). The maximum atomic E-state index is 10.4. The number of nitrogens with two attached hydrogens (primary N) is 1. The molecule has 5 heteroatoms. The van der Waals surface area contributed by atoms with E-state index in [0.29, 0.717) is 18.2 Å². The summed E-state index contributed by atoms with van der Waals surface area (Å²) in [5.41, 5.74) is 6.45. The fourth-order valence-corrected chi connectivity index (χ4v) is 1.41. The van der Waals surface area contributed by atoms with E-state index in [2.05, 4.69) is 9.97 Å². The van der Waals surface area contributed by atoms with E-state index in [1.54, 1.807) is 6.20 Å². The normalized spacial score (nSPS) is 15.2. The van der Waals surface area contributed by atoms with Crippen molar-refractivity contribution in [2.24, 2.45) is 0 Å². The Morgan fingerprint density at radius 1 is 1.60 bits per heavy atom. The second kappa shape index (κ2) is 3.84. The number of aliphatic carboxylic acids is 1. The third-order valence-corrected chi connectivity index (χ3v) is 2.47. The van der Waals surface area contributed by atoms with Crippen LogP contribution in [0.1, 0.15) is 36.6 Å². The van der Waals surface area contributed by atoms with Gasteiger partial charge < -0.3 is 10.8 Å². The predicted molar refractivity (Wildman–Crippen MR) is 54.4 cm³/mol. The minimum atomic E-state index is -0.833. The highest BCUT2D eigenvalue weighted by atomic mass is 16.4. The molecule has 0 radical (unpaired) electrons. The maximum Gasteiger partial charge on any atom is 0.303 e. The Balaban J connectivity index is 2.08. The first kappa shape index (κ1) is 9.89. The molecule has 0 atom stereocenters. The van der Waals surface area contributed by atoms with Gasteiger partial charge in [0.25, 0.3) is 0 Å². The first-order valence-electron chi connectivity index (χ1n) is 5.00. The topological polar surface area (TPSA) is 89.1 Å². The van der Waals surface area contributed by atoms with Crippen molar-refractivity contribution in [2.75, 3.05) is 5.73 Å². The van der Waals surface area contributed by atoms with E-state index in [1.807, 2.05) is 0 Å². The van der Waals surface area contributed by atoms with Crippen LogP contribution >= 0.6 is 0 Å². The summed E-state index contributed by atoms with van der Waals surface area (Å²) >= 11 is 0. The molecule has 0 spiro atoms. The lowest BCUT2D eigenvalue weighted by atomic mass is 10.1. The highest BCUT2D eigenvalue weighted by Gasteiger charge is 2.26. The Bertz CT molecular complexity index is 388. The zero-order valence-electron chi connectivity index (χ0n) is 8.31. The van der Waals surface area contributed by atoms with Gasteiger partial charge in [-0.15, -0.1) is 0 Å². The number of nitrogen functional groups attached to an aromatic ring is 1. The Morgan fingerprint density at radius 3 is 2.87 bits per heavy atom. The van der Waals surface area contributed by atoms with Gasteiger partial charge in [0.1, 0.15) is 11.6 Å². The molecule has 0 aliphatic heterocycles. The molecule has 2 rings (SSSR count). The van der Waals surface area contributed by atoms with Crippen molar-refractivity contribution in [1.29, 1.82) is 0 Å². The molecule has 0 amide bonds. The zero-order chi connectivity index (χ0) is 10.8. The molecule has 1 fully saturated rings. The summed E-state index contributed by atoms with van der Waals surface area (Å²) in [6.07, 6.45) is 4.38. The van der Waals surface area contributed by atoms with Gasteiger partial charge in [-0.1, -0.05) is 0 Å². The molecule has 0 aromatic carbocycles. The fourth-order valence-electron chi connectivity index (χ4n) is 1.41. The number of rotatable bonds is 4. The largest absolute Gasteiger partial charge is 0.481 e. The SMILES string of the molecule is Nc1nc(C2CC2)ncc1CCC(=O)O.